The van der Waals surface area contributed by atoms with Gasteiger partial charge in [-0.1, -0.05) is 24.3 Å². The maximum absolute atomic E-state index is 3.50. The summed E-state index contributed by atoms with van der Waals surface area (Å²) in [6.45, 7) is 4.32. The van der Waals surface area contributed by atoms with E-state index in [1.165, 1.54) is 16.7 Å². The van der Waals surface area contributed by atoms with E-state index in [4.69, 9.17) is 0 Å². The van der Waals surface area contributed by atoms with Crippen molar-refractivity contribution in [3.8, 4) is 0 Å². The smallest absolute Gasteiger partial charge is 0.000793 e. The molecule has 1 aromatic carbocycles. The third kappa shape index (κ3) is 3.99. The second kappa shape index (κ2) is 6.58. The molecule has 0 saturated heterocycles. The van der Waals surface area contributed by atoms with Crippen molar-refractivity contribution in [3.63, 3.8) is 0 Å². The van der Waals surface area contributed by atoms with E-state index in [1.54, 1.807) is 11.3 Å². The van der Waals surface area contributed by atoms with Crippen LogP contribution in [0.4, 0.5) is 0 Å². The van der Waals surface area contributed by atoms with Gasteiger partial charge in [-0.15, -0.1) is 0 Å². The van der Waals surface area contributed by atoms with Gasteiger partial charge in [0.05, 0.1) is 0 Å². The van der Waals surface area contributed by atoms with Gasteiger partial charge < -0.3 is 5.32 Å². The summed E-state index contributed by atoms with van der Waals surface area (Å²) in [7, 11) is 0. The summed E-state index contributed by atoms with van der Waals surface area (Å²) in [5.74, 6) is 0. The van der Waals surface area contributed by atoms with Crippen LogP contribution < -0.4 is 5.32 Å². The van der Waals surface area contributed by atoms with Gasteiger partial charge in [0, 0.05) is 0 Å². The predicted octanol–water partition coefficient (Wildman–Crippen LogP) is 3.43. The van der Waals surface area contributed by atoms with Gasteiger partial charge in [0.2, 0.25) is 0 Å². The molecule has 0 radical (unpaired) electrons. The number of benzene rings is 1. The van der Waals surface area contributed by atoms with Gasteiger partial charge in [-0.3, -0.25) is 0 Å². The van der Waals surface area contributed by atoms with E-state index in [1.807, 2.05) is 0 Å². The molecule has 90 valence electrons. The highest BCUT2D eigenvalue weighted by molar-refractivity contribution is 7.07. The average Bonchev–Trinajstić information content (AvgIpc) is 2.84. The second-order valence-corrected chi connectivity index (χ2v) is 5.09. The standard InChI is InChI=1S/C15H19NS/c1-13-4-2-3-5-15(13)7-10-16-9-6-14-8-11-17-12-14/h2-5,8,11-12,16H,6-7,9-10H2,1H3. The Morgan fingerprint density at radius 2 is 1.88 bits per heavy atom. The first-order valence-electron chi connectivity index (χ1n) is 6.12. The van der Waals surface area contributed by atoms with Gasteiger partial charge in [0.1, 0.15) is 0 Å². The highest BCUT2D eigenvalue weighted by Gasteiger charge is 1.97. The van der Waals surface area contributed by atoms with Gasteiger partial charge in [-0.2, -0.15) is 11.3 Å². The number of hydrogen-bond acceptors (Lipinski definition) is 2. The second-order valence-electron chi connectivity index (χ2n) is 4.31. The number of thiophene rings is 1. The summed E-state index contributed by atoms with van der Waals surface area (Å²) in [4.78, 5) is 0. The van der Waals surface area contributed by atoms with Crippen LogP contribution in [-0.2, 0) is 12.8 Å². The number of aryl methyl sites for hydroxylation is 1. The quantitative estimate of drug-likeness (QED) is 0.769. The molecular weight excluding hydrogens is 226 g/mol. The molecule has 0 amide bonds. The molecule has 1 nitrogen and oxygen atoms in total. The zero-order valence-corrected chi connectivity index (χ0v) is 11.1. The molecule has 0 saturated carbocycles. The molecule has 0 aliphatic rings. The average molecular weight is 245 g/mol. The molecule has 1 heterocycles. The Hall–Kier alpha value is -1.12. The predicted molar refractivity (Wildman–Crippen MR) is 75.8 cm³/mol. The number of rotatable bonds is 6. The van der Waals surface area contributed by atoms with E-state index in [9.17, 15) is 0 Å². The SMILES string of the molecule is Cc1ccccc1CCNCCc1ccsc1. The largest absolute Gasteiger partial charge is 0.316 e. The first kappa shape index (κ1) is 12.3. The van der Waals surface area contributed by atoms with Crippen LogP contribution in [-0.4, -0.2) is 13.1 Å². The summed E-state index contributed by atoms with van der Waals surface area (Å²) in [6.07, 6.45) is 2.26. The molecule has 2 rings (SSSR count). The van der Waals surface area contributed by atoms with Gasteiger partial charge >= 0.3 is 0 Å². The Balaban J connectivity index is 1.65. The van der Waals surface area contributed by atoms with E-state index >= 15 is 0 Å². The monoisotopic (exact) mass is 245 g/mol. The fourth-order valence-corrected chi connectivity index (χ4v) is 2.61. The number of nitrogens with one attached hydrogen (secondary N) is 1. The number of hydrogen-bond donors (Lipinski definition) is 1. The third-order valence-electron chi connectivity index (χ3n) is 3.00. The van der Waals surface area contributed by atoms with E-state index in [2.05, 4.69) is 53.3 Å². The molecule has 1 N–H and O–H groups in total. The lowest BCUT2D eigenvalue weighted by molar-refractivity contribution is 0.681. The van der Waals surface area contributed by atoms with Crippen molar-refractivity contribution in [2.24, 2.45) is 0 Å². The molecule has 0 aliphatic heterocycles. The van der Waals surface area contributed by atoms with Crippen molar-refractivity contribution in [1.82, 2.24) is 5.32 Å². The molecule has 0 unspecified atom stereocenters. The van der Waals surface area contributed by atoms with Gasteiger partial charge in [-0.25, -0.2) is 0 Å². The lowest BCUT2D eigenvalue weighted by Crippen LogP contribution is -2.20. The third-order valence-corrected chi connectivity index (χ3v) is 3.73. The van der Waals surface area contributed by atoms with E-state index in [0.717, 1.165) is 25.9 Å². The first-order chi connectivity index (χ1) is 8.36. The lowest BCUT2D eigenvalue weighted by atomic mass is 10.1. The molecule has 2 heteroatoms. The van der Waals surface area contributed by atoms with Crippen molar-refractivity contribution >= 4 is 11.3 Å². The van der Waals surface area contributed by atoms with Crippen LogP contribution in [0.15, 0.2) is 41.1 Å². The fraction of sp³-hybridized carbons (Fsp3) is 0.333. The molecule has 17 heavy (non-hydrogen) atoms. The van der Waals surface area contributed by atoms with Gasteiger partial charge in [0.15, 0.2) is 0 Å². The molecule has 0 aliphatic carbocycles. The van der Waals surface area contributed by atoms with Crippen molar-refractivity contribution < 1.29 is 0 Å². The van der Waals surface area contributed by atoms with Gasteiger partial charge in [-0.05, 0) is 66.4 Å². The molecule has 1 aromatic heterocycles. The zero-order chi connectivity index (χ0) is 11.9. The molecule has 0 bridgehead atoms. The van der Waals surface area contributed by atoms with Crippen molar-refractivity contribution in [2.45, 2.75) is 19.8 Å². The van der Waals surface area contributed by atoms with Crippen LogP contribution >= 0.6 is 11.3 Å². The molecular formula is C15H19NS. The summed E-state index contributed by atoms with van der Waals surface area (Å²) in [5.41, 5.74) is 4.29. The molecule has 0 fully saturated rings. The van der Waals surface area contributed by atoms with Crippen LogP contribution in [0.5, 0.6) is 0 Å². The van der Waals surface area contributed by atoms with Gasteiger partial charge in [0.25, 0.3) is 0 Å². The van der Waals surface area contributed by atoms with Crippen LogP contribution in [0, 0.1) is 6.92 Å². The zero-order valence-electron chi connectivity index (χ0n) is 10.3. The molecule has 2 aromatic rings. The first-order valence-corrected chi connectivity index (χ1v) is 7.07. The van der Waals surface area contributed by atoms with E-state index in [-0.39, 0.29) is 0 Å². The maximum atomic E-state index is 3.50. The highest BCUT2D eigenvalue weighted by atomic mass is 32.1. The van der Waals surface area contributed by atoms with Crippen molar-refractivity contribution in [3.05, 3.63) is 57.8 Å². The Morgan fingerprint density at radius 1 is 1.06 bits per heavy atom. The van der Waals surface area contributed by atoms with Crippen LogP contribution in [0.3, 0.4) is 0 Å². The lowest BCUT2D eigenvalue weighted by Gasteiger charge is -2.06. The van der Waals surface area contributed by atoms with Crippen molar-refractivity contribution in [1.29, 1.82) is 0 Å². The Bertz CT molecular complexity index is 434. The highest BCUT2D eigenvalue weighted by Crippen LogP contribution is 2.07. The summed E-state index contributed by atoms with van der Waals surface area (Å²) >= 11 is 1.77. The van der Waals surface area contributed by atoms with E-state index < -0.39 is 0 Å². The van der Waals surface area contributed by atoms with Crippen LogP contribution in [0.25, 0.3) is 0 Å². The summed E-state index contributed by atoms with van der Waals surface area (Å²) in [6, 6.07) is 10.8. The Kier molecular flexibility index (Phi) is 4.77. The topological polar surface area (TPSA) is 12.0 Å². The summed E-state index contributed by atoms with van der Waals surface area (Å²) < 4.78 is 0. The minimum absolute atomic E-state index is 1.06. The summed E-state index contributed by atoms with van der Waals surface area (Å²) in [5, 5.41) is 7.87. The maximum Gasteiger partial charge on any atom is -0.000793 e. The Labute approximate surface area is 108 Å². The van der Waals surface area contributed by atoms with Crippen LogP contribution in [0.2, 0.25) is 0 Å². The fourth-order valence-electron chi connectivity index (χ4n) is 1.91. The molecule has 0 spiro atoms. The minimum atomic E-state index is 1.06. The van der Waals surface area contributed by atoms with Crippen LogP contribution in [0.1, 0.15) is 16.7 Å². The van der Waals surface area contributed by atoms with Crippen molar-refractivity contribution in [2.75, 3.05) is 13.1 Å². The Morgan fingerprint density at radius 3 is 2.65 bits per heavy atom. The molecule has 0 atom stereocenters. The van der Waals surface area contributed by atoms with E-state index in [0.29, 0.717) is 0 Å². The minimum Gasteiger partial charge on any atom is -0.316 e. The normalized spacial score (nSPS) is 10.6.